The Labute approximate surface area is 90.8 Å². The lowest BCUT2D eigenvalue weighted by Gasteiger charge is -2.38. The van der Waals surface area contributed by atoms with Gasteiger partial charge in [0, 0.05) is 0 Å². The second-order valence-electron chi connectivity index (χ2n) is 5.50. The Hall–Kier alpha value is -0.570. The van der Waals surface area contributed by atoms with Crippen molar-refractivity contribution in [3.8, 4) is 0 Å². The fourth-order valence-corrected chi connectivity index (χ4v) is 3.81. The number of carbonyl (C=O) groups excluding carboxylic acids is 1. The second kappa shape index (κ2) is 3.48. The highest BCUT2D eigenvalue weighted by Crippen LogP contribution is 2.61. The highest BCUT2D eigenvalue weighted by atomic mass is 16.6. The Balaban J connectivity index is 2.16. The maximum absolute atomic E-state index is 11.8. The van der Waals surface area contributed by atoms with Gasteiger partial charge in [-0.05, 0) is 43.4 Å². The molecule has 3 heteroatoms. The average molecular weight is 212 g/mol. The molecule has 0 aliphatic heterocycles. The van der Waals surface area contributed by atoms with Crippen molar-refractivity contribution in [2.24, 2.45) is 29.1 Å². The molecule has 3 nitrogen and oxygen atoms in total. The summed E-state index contributed by atoms with van der Waals surface area (Å²) in [5.41, 5.74) is -0.348. The second-order valence-corrected chi connectivity index (χ2v) is 5.50. The quantitative estimate of drug-likeness (QED) is 0.561. The molecule has 2 bridgehead atoms. The summed E-state index contributed by atoms with van der Waals surface area (Å²) >= 11 is 0. The molecule has 0 aromatic heterocycles. The van der Waals surface area contributed by atoms with Gasteiger partial charge in [0.1, 0.15) is 0 Å². The molecular formula is C12H20O3. The first-order chi connectivity index (χ1) is 7.00. The van der Waals surface area contributed by atoms with Crippen molar-refractivity contribution in [1.82, 2.24) is 0 Å². The fraction of sp³-hybridized carbons (Fsp3) is 0.917. The molecule has 0 amide bonds. The van der Waals surface area contributed by atoms with Gasteiger partial charge in [0.2, 0.25) is 0 Å². The van der Waals surface area contributed by atoms with Gasteiger partial charge >= 0.3 is 5.97 Å². The van der Waals surface area contributed by atoms with E-state index in [1.807, 2.05) is 6.92 Å². The predicted octanol–water partition coefficient (Wildman–Crippen LogP) is 1.80. The van der Waals surface area contributed by atoms with Gasteiger partial charge in [0.05, 0.1) is 5.41 Å². The van der Waals surface area contributed by atoms with E-state index in [-0.39, 0.29) is 11.4 Å². The van der Waals surface area contributed by atoms with Crippen molar-refractivity contribution < 1.29 is 14.6 Å². The third-order valence-corrected chi connectivity index (χ3v) is 4.93. The molecule has 2 aliphatic rings. The molecule has 1 N–H and O–H groups in total. The van der Waals surface area contributed by atoms with Gasteiger partial charge in [0.15, 0.2) is 6.79 Å². The molecule has 2 aliphatic carbocycles. The number of aliphatic hydroxyl groups excluding tert-OH is 1. The van der Waals surface area contributed by atoms with Gasteiger partial charge in [0.25, 0.3) is 0 Å². The van der Waals surface area contributed by atoms with Crippen LogP contribution in [0.5, 0.6) is 0 Å². The molecular weight excluding hydrogens is 192 g/mol. The van der Waals surface area contributed by atoms with Gasteiger partial charge < -0.3 is 9.84 Å². The summed E-state index contributed by atoms with van der Waals surface area (Å²) in [5, 5.41) is 8.66. The summed E-state index contributed by atoms with van der Waals surface area (Å²) in [4.78, 5) is 11.8. The molecule has 0 aromatic carbocycles. The minimum Gasteiger partial charge on any atom is -0.438 e. The summed E-state index contributed by atoms with van der Waals surface area (Å²) in [5.74, 6) is 2.22. The number of aliphatic hydroxyl groups is 1. The first-order valence-corrected chi connectivity index (χ1v) is 5.78. The molecule has 0 aromatic rings. The van der Waals surface area contributed by atoms with Crippen LogP contribution in [0.3, 0.4) is 0 Å². The van der Waals surface area contributed by atoms with Crippen LogP contribution < -0.4 is 0 Å². The molecule has 15 heavy (non-hydrogen) atoms. The van der Waals surface area contributed by atoms with E-state index in [2.05, 4.69) is 13.8 Å². The maximum Gasteiger partial charge on any atom is 0.314 e. The number of hydrogen-bond donors (Lipinski definition) is 1. The van der Waals surface area contributed by atoms with E-state index >= 15 is 0 Å². The monoisotopic (exact) mass is 212 g/mol. The van der Waals surface area contributed by atoms with Crippen molar-refractivity contribution in [1.29, 1.82) is 0 Å². The van der Waals surface area contributed by atoms with Crippen molar-refractivity contribution in [2.45, 2.75) is 33.6 Å². The van der Waals surface area contributed by atoms with Crippen LogP contribution in [0.15, 0.2) is 0 Å². The number of hydrogen-bond acceptors (Lipinski definition) is 3. The maximum atomic E-state index is 11.8. The molecule has 0 heterocycles. The molecule has 86 valence electrons. The predicted molar refractivity (Wildman–Crippen MR) is 55.8 cm³/mol. The fourth-order valence-electron chi connectivity index (χ4n) is 3.81. The van der Waals surface area contributed by atoms with Crippen molar-refractivity contribution in [2.75, 3.05) is 6.79 Å². The number of rotatable bonds is 2. The van der Waals surface area contributed by atoms with Gasteiger partial charge in [-0.25, -0.2) is 0 Å². The van der Waals surface area contributed by atoms with Crippen LogP contribution in [0.4, 0.5) is 0 Å². The summed E-state index contributed by atoms with van der Waals surface area (Å²) in [6.07, 6.45) is 2.08. The van der Waals surface area contributed by atoms with Crippen LogP contribution in [0, 0.1) is 29.1 Å². The Morgan fingerprint density at radius 2 is 2.13 bits per heavy atom. The summed E-state index contributed by atoms with van der Waals surface area (Å²) in [6.45, 7) is 6.03. The smallest absolute Gasteiger partial charge is 0.314 e. The first-order valence-electron chi connectivity index (χ1n) is 5.78. The minimum atomic E-state index is -0.490. The van der Waals surface area contributed by atoms with Crippen molar-refractivity contribution in [3.05, 3.63) is 0 Å². The van der Waals surface area contributed by atoms with E-state index < -0.39 is 6.79 Å². The van der Waals surface area contributed by atoms with E-state index in [4.69, 9.17) is 9.84 Å². The summed E-state index contributed by atoms with van der Waals surface area (Å²) in [7, 11) is 0. The molecule has 5 atom stereocenters. The van der Waals surface area contributed by atoms with Crippen LogP contribution in [0.2, 0.25) is 0 Å². The third kappa shape index (κ3) is 1.40. The standard InChI is InChI=1S/C12H20O3/c1-7-8(2)10-4-9(7)5-12(10,3)11(14)15-6-13/h7-10,13H,4-6H2,1-3H3. The van der Waals surface area contributed by atoms with Crippen LogP contribution >= 0.6 is 0 Å². The third-order valence-electron chi connectivity index (χ3n) is 4.93. The largest absolute Gasteiger partial charge is 0.438 e. The number of carbonyl (C=O) groups is 1. The van der Waals surface area contributed by atoms with Gasteiger partial charge in [-0.3, -0.25) is 4.79 Å². The summed E-state index contributed by atoms with van der Waals surface area (Å²) in [6, 6.07) is 0. The number of esters is 1. The zero-order valence-electron chi connectivity index (χ0n) is 9.69. The Morgan fingerprint density at radius 3 is 2.60 bits per heavy atom. The lowest BCUT2D eigenvalue weighted by Crippen LogP contribution is -2.40. The number of ether oxygens (including phenoxy) is 1. The topological polar surface area (TPSA) is 46.5 Å². The van der Waals surface area contributed by atoms with E-state index in [1.54, 1.807) is 0 Å². The van der Waals surface area contributed by atoms with E-state index in [1.165, 1.54) is 0 Å². The molecule has 5 unspecified atom stereocenters. The molecule has 0 spiro atoms. The zero-order valence-corrected chi connectivity index (χ0v) is 9.69. The lowest BCUT2D eigenvalue weighted by molar-refractivity contribution is -0.168. The average Bonchev–Trinajstić information content (AvgIpc) is 2.66. The van der Waals surface area contributed by atoms with Crippen LogP contribution in [-0.4, -0.2) is 17.9 Å². The first kappa shape index (κ1) is 10.9. The highest BCUT2D eigenvalue weighted by Gasteiger charge is 2.59. The Morgan fingerprint density at radius 1 is 1.47 bits per heavy atom. The van der Waals surface area contributed by atoms with Gasteiger partial charge in [-0.1, -0.05) is 13.8 Å². The Bertz CT molecular complexity index is 274. The molecule has 0 saturated heterocycles. The normalized spacial score (nSPS) is 48.3. The molecule has 2 saturated carbocycles. The highest BCUT2D eigenvalue weighted by molar-refractivity contribution is 5.77. The molecule has 2 fully saturated rings. The van der Waals surface area contributed by atoms with Crippen LogP contribution in [-0.2, 0) is 9.53 Å². The van der Waals surface area contributed by atoms with E-state index in [9.17, 15) is 4.79 Å². The number of fused-ring (bicyclic) bond motifs is 2. The van der Waals surface area contributed by atoms with Gasteiger partial charge in [-0.15, -0.1) is 0 Å². The van der Waals surface area contributed by atoms with Crippen LogP contribution in [0.25, 0.3) is 0 Å². The van der Waals surface area contributed by atoms with Crippen molar-refractivity contribution in [3.63, 3.8) is 0 Å². The van der Waals surface area contributed by atoms with Crippen molar-refractivity contribution >= 4 is 5.97 Å². The molecule has 2 rings (SSSR count). The SMILES string of the molecule is CC1C2CC(C1C)C(C)(C(=O)OCO)C2. The van der Waals surface area contributed by atoms with Gasteiger partial charge in [-0.2, -0.15) is 0 Å². The Kier molecular flexibility index (Phi) is 2.53. The van der Waals surface area contributed by atoms with Crippen LogP contribution in [0.1, 0.15) is 33.6 Å². The minimum absolute atomic E-state index is 0.212. The molecule has 0 radical (unpaired) electrons. The zero-order chi connectivity index (χ0) is 11.2. The lowest BCUT2D eigenvalue weighted by atomic mass is 9.67. The van der Waals surface area contributed by atoms with E-state index in [0.29, 0.717) is 17.8 Å². The summed E-state index contributed by atoms with van der Waals surface area (Å²) < 4.78 is 4.78. The van der Waals surface area contributed by atoms with E-state index in [0.717, 1.165) is 18.8 Å².